The van der Waals surface area contributed by atoms with E-state index in [9.17, 15) is 9.90 Å². The Balaban J connectivity index is 1.53. The van der Waals surface area contributed by atoms with Crippen LogP contribution in [-0.2, 0) is 6.54 Å². The van der Waals surface area contributed by atoms with Crippen molar-refractivity contribution in [2.75, 3.05) is 44.3 Å². The van der Waals surface area contributed by atoms with Crippen molar-refractivity contribution in [2.45, 2.75) is 19.4 Å². The number of aliphatic hydroxyl groups is 1. The van der Waals surface area contributed by atoms with Gasteiger partial charge in [0, 0.05) is 43.3 Å². The number of nitrogens with zero attached hydrogens (tertiary/aromatic N) is 2. The Kier molecular flexibility index (Phi) is 5.97. The van der Waals surface area contributed by atoms with Gasteiger partial charge in [0.2, 0.25) is 0 Å². The first-order valence-corrected chi connectivity index (χ1v) is 9.71. The van der Waals surface area contributed by atoms with Gasteiger partial charge in [-0.1, -0.05) is 12.1 Å². The van der Waals surface area contributed by atoms with Crippen molar-refractivity contribution >= 4 is 17.7 Å². The Hall–Kier alpha value is -1.04. The third-order valence-corrected chi connectivity index (χ3v) is 5.81. The molecule has 2 saturated heterocycles. The molecule has 1 aromatic carbocycles. The van der Waals surface area contributed by atoms with Gasteiger partial charge in [0.05, 0.1) is 0 Å². The fraction of sp³-hybridized carbons (Fsp3) is 0.611. The van der Waals surface area contributed by atoms with Crippen LogP contribution in [0.5, 0.6) is 0 Å². The SMILES string of the molecule is O=C(c1ccc(CN2CCC(CO)CC2)cc1)N1CCSCC1. The van der Waals surface area contributed by atoms with E-state index >= 15 is 0 Å². The summed E-state index contributed by atoms with van der Waals surface area (Å²) < 4.78 is 0. The molecule has 1 amide bonds. The highest BCUT2D eigenvalue weighted by molar-refractivity contribution is 7.99. The van der Waals surface area contributed by atoms with Crippen molar-refractivity contribution in [3.8, 4) is 0 Å². The van der Waals surface area contributed by atoms with E-state index in [-0.39, 0.29) is 5.91 Å². The van der Waals surface area contributed by atoms with Gasteiger partial charge < -0.3 is 10.0 Å². The number of amides is 1. The molecule has 2 aliphatic heterocycles. The molecule has 0 radical (unpaired) electrons. The largest absolute Gasteiger partial charge is 0.396 e. The molecule has 0 aliphatic carbocycles. The Morgan fingerprint density at radius 2 is 1.74 bits per heavy atom. The van der Waals surface area contributed by atoms with Gasteiger partial charge in [-0.2, -0.15) is 11.8 Å². The number of aliphatic hydroxyl groups excluding tert-OH is 1. The van der Waals surface area contributed by atoms with Crippen molar-refractivity contribution in [1.29, 1.82) is 0 Å². The predicted octanol–water partition coefficient (Wildman–Crippen LogP) is 2.08. The second-order valence-corrected chi connectivity index (χ2v) is 7.73. The number of rotatable bonds is 4. The van der Waals surface area contributed by atoms with Crippen LogP contribution in [0.25, 0.3) is 0 Å². The fourth-order valence-electron chi connectivity index (χ4n) is 3.29. The summed E-state index contributed by atoms with van der Waals surface area (Å²) in [5.41, 5.74) is 2.07. The smallest absolute Gasteiger partial charge is 0.253 e. The Morgan fingerprint density at radius 3 is 2.35 bits per heavy atom. The predicted molar refractivity (Wildman–Crippen MR) is 94.8 cm³/mol. The summed E-state index contributed by atoms with van der Waals surface area (Å²) in [5.74, 6) is 2.75. The van der Waals surface area contributed by atoms with Crippen LogP contribution in [0, 0.1) is 5.92 Å². The lowest BCUT2D eigenvalue weighted by atomic mass is 9.97. The fourth-order valence-corrected chi connectivity index (χ4v) is 4.19. The first-order valence-electron chi connectivity index (χ1n) is 8.55. The number of hydrogen-bond acceptors (Lipinski definition) is 4. The average Bonchev–Trinajstić information content (AvgIpc) is 2.63. The zero-order valence-corrected chi connectivity index (χ0v) is 14.4. The topological polar surface area (TPSA) is 43.8 Å². The molecule has 1 aromatic rings. The highest BCUT2D eigenvalue weighted by Gasteiger charge is 2.20. The summed E-state index contributed by atoms with van der Waals surface area (Å²) in [7, 11) is 0. The lowest BCUT2D eigenvalue weighted by molar-refractivity contribution is 0.0772. The molecule has 0 atom stereocenters. The van der Waals surface area contributed by atoms with Crippen LogP contribution in [0.15, 0.2) is 24.3 Å². The van der Waals surface area contributed by atoms with Crippen LogP contribution in [0.4, 0.5) is 0 Å². The number of thioether (sulfide) groups is 1. The molecule has 2 aliphatic rings. The Labute approximate surface area is 142 Å². The quantitative estimate of drug-likeness (QED) is 0.916. The molecule has 126 valence electrons. The van der Waals surface area contributed by atoms with Crippen molar-refractivity contribution in [2.24, 2.45) is 5.92 Å². The second-order valence-electron chi connectivity index (χ2n) is 6.50. The van der Waals surface area contributed by atoms with Crippen molar-refractivity contribution in [3.63, 3.8) is 0 Å². The standard InChI is InChI=1S/C18H26N2O2S/c21-14-16-5-7-19(8-6-16)13-15-1-3-17(4-2-15)18(22)20-9-11-23-12-10-20/h1-4,16,21H,5-14H2. The third-order valence-electron chi connectivity index (χ3n) is 4.87. The summed E-state index contributed by atoms with van der Waals surface area (Å²) in [4.78, 5) is 16.9. The van der Waals surface area contributed by atoms with Gasteiger partial charge in [-0.05, 0) is 49.5 Å². The van der Waals surface area contributed by atoms with Gasteiger partial charge in [-0.3, -0.25) is 9.69 Å². The molecule has 1 N–H and O–H groups in total. The number of piperidine rings is 1. The summed E-state index contributed by atoms with van der Waals surface area (Å²) in [5, 5.41) is 9.20. The van der Waals surface area contributed by atoms with Crippen LogP contribution in [-0.4, -0.2) is 65.1 Å². The minimum absolute atomic E-state index is 0.167. The highest BCUT2D eigenvalue weighted by Crippen LogP contribution is 2.19. The molecule has 23 heavy (non-hydrogen) atoms. The van der Waals surface area contributed by atoms with Crippen molar-refractivity contribution < 1.29 is 9.90 Å². The van der Waals surface area contributed by atoms with E-state index in [1.165, 1.54) is 5.56 Å². The molecule has 3 rings (SSSR count). The van der Waals surface area contributed by atoms with E-state index in [1.54, 1.807) is 0 Å². The van der Waals surface area contributed by atoms with Crippen LogP contribution in [0.2, 0.25) is 0 Å². The number of benzene rings is 1. The lowest BCUT2D eigenvalue weighted by Crippen LogP contribution is -2.37. The molecule has 0 aromatic heterocycles. The zero-order chi connectivity index (χ0) is 16.1. The Morgan fingerprint density at radius 1 is 1.09 bits per heavy atom. The van der Waals surface area contributed by atoms with Gasteiger partial charge in [-0.25, -0.2) is 0 Å². The van der Waals surface area contributed by atoms with E-state index in [1.807, 2.05) is 28.8 Å². The van der Waals surface area contributed by atoms with Crippen molar-refractivity contribution in [3.05, 3.63) is 35.4 Å². The number of carbonyl (C=O) groups is 1. The summed E-state index contributed by atoms with van der Waals surface area (Å²) in [6.07, 6.45) is 2.17. The summed E-state index contributed by atoms with van der Waals surface area (Å²) >= 11 is 1.92. The van der Waals surface area contributed by atoms with Gasteiger partial charge in [-0.15, -0.1) is 0 Å². The van der Waals surface area contributed by atoms with E-state index in [4.69, 9.17) is 0 Å². The maximum absolute atomic E-state index is 12.5. The molecule has 0 unspecified atom stereocenters. The van der Waals surface area contributed by atoms with E-state index in [0.29, 0.717) is 12.5 Å². The molecular formula is C18H26N2O2S. The average molecular weight is 334 g/mol. The monoisotopic (exact) mass is 334 g/mol. The number of carbonyl (C=O) groups excluding carboxylic acids is 1. The second kappa shape index (κ2) is 8.18. The highest BCUT2D eigenvalue weighted by atomic mass is 32.2. The summed E-state index contributed by atoms with van der Waals surface area (Å²) in [6, 6.07) is 8.12. The lowest BCUT2D eigenvalue weighted by Gasteiger charge is -2.31. The first-order chi connectivity index (χ1) is 11.3. The van der Waals surface area contributed by atoms with E-state index < -0.39 is 0 Å². The molecule has 0 saturated carbocycles. The molecule has 0 spiro atoms. The maximum atomic E-state index is 12.5. The zero-order valence-electron chi connectivity index (χ0n) is 13.6. The molecule has 2 heterocycles. The molecule has 2 fully saturated rings. The van der Waals surface area contributed by atoms with Crippen LogP contribution in [0.1, 0.15) is 28.8 Å². The molecule has 4 nitrogen and oxygen atoms in total. The first kappa shape index (κ1) is 16.8. The minimum atomic E-state index is 0.167. The summed E-state index contributed by atoms with van der Waals surface area (Å²) in [6.45, 7) is 5.09. The van der Waals surface area contributed by atoms with Gasteiger partial charge in [0.25, 0.3) is 5.91 Å². The van der Waals surface area contributed by atoms with Crippen LogP contribution in [0.3, 0.4) is 0 Å². The van der Waals surface area contributed by atoms with Gasteiger partial charge in [0.15, 0.2) is 0 Å². The third kappa shape index (κ3) is 4.49. The van der Waals surface area contributed by atoms with Crippen LogP contribution >= 0.6 is 11.8 Å². The van der Waals surface area contributed by atoms with Gasteiger partial charge in [0.1, 0.15) is 0 Å². The van der Waals surface area contributed by atoms with Gasteiger partial charge >= 0.3 is 0 Å². The molecule has 5 heteroatoms. The Bertz CT molecular complexity index is 506. The molecular weight excluding hydrogens is 308 g/mol. The van der Waals surface area contributed by atoms with E-state index in [0.717, 1.165) is 62.6 Å². The van der Waals surface area contributed by atoms with E-state index in [2.05, 4.69) is 17.0 Å². The normalized spacial score (nSPS) is 20.7. The maximum Gasteiger partial charge on any atom is 0.253 e. The van der Waals surface area contributed by atoms with Crippen LogP contribution < -0.4 is 0 Å². The minimum Gasteiger partial charge on any atom is -0.396 e. The van der Waals surface area contributed by atoms with Crippen molar-refractivity contribution in [1.82, 2.24) is 9.80 Å². The number of hydrogen-bond donors (Lipinski definition) is 1. The number of likely N-dealkylation sites (tertiary alicyclic amines) is 1. The molecule has 0 bridgehead atoms.